The van der Waals surface area contributed by atoms with Crippen molar-refractivity contribution >= 4 is 11.3 Å². The number of aromatic nitrogens is 1. The number of aryl methyl sites for hydroxylation is 1. The Morgan fingerprint density at radius 3 is 2.92 bits per heavy atom. The summed E-state index contributed by atoms with van der Waals surface area (Å²) in [7, 11) is 1.94. The largest absolute Gasteiger partial charge is 0.311 e. The topological polar surface area (TPSA) is 24.9 Å². The van der Waals surface area contributed by atoms with Gasteiger partial charge in [0.05, 0.1) is 16.7 Å². The molecule has 0 saturated carbocycles. The first-order valence-electron chi connectivity index (χ1n) is 4.26. The van der Waals surface area contributed by atoms with Crippen molar-refractivity contribution in [1.29, 1.82) is 0 Å². The minimum absolute atomic E-state index is 0.275. The monoisotopic (exact) mass is 194 g/mol. The molecule has 1 aromatic heterocycles. The van der Waals surface area contributed by atoms with Crippen LogP contribution in [0.3, 0.4) is 0 Å². The predicted octanol–water partition coefficient (Wildman–Crippen LogP) is 2.13. The van der Waals surface area contributed by atoms with Gasteiger partial charge in [-0.15, -0.1) is 23.2 Å². The van der Waals surface area contributed by atoms with E-state index in [1.807, 2.05) is 20.9 Å². The molecule has 1 rings (SSSR count). The summed E-state index contributed by atoms with van der Waals surface area (Å²) in [5.41, 5.74) is 1.10. The zero-order chi connectivity index (χ0) is 9.68. The molecule has 1 atom stereocenters. The molecule has 1 heterocycles. The lowest BCUT2D eigenvalue weighted by Gasteiger charge is -2.09. The van der Waals surface area contributed by atoms with Crippen molar-refractivity contribution in [2.75, 3.05) is 7.05 Å². The average molecular weight is 194 g/mol. The van der Waals surface area contributed by atoms with Gasteiger partial charge in [-0.3, -0.25) is 0 Å². The molecule has 0 aliphatic rings. The average Bonchev–Trinajstić information content (AvgIpc) is 2.54. The normalized spacial score (nSPS) is 11.9. The van der Waals surface area contributed by atoms with Gasteiger partial charge in [0.1, 0.15) is 0 Å². The van der Waals surface area contributed by atoms with E-state index in [4.69, 9.17) is 0 Å². The first kappa shape index (κ1) is 10.2. The fraction of sp³-hybridized carbons (Fsp3) is 0.500. The molecule has 0 aliphatic carbocycles. The minimum Gasteiger partial charge on any atom is -0.311 e. The summed E-state index contributed by atoms with van der Waals surface area (Å²) in [6, 6.07) is 0.275. The van der Waals surface area contributed by atoms with Gasteiger partial charge < -0.3 is 5.32 Å². The third-order valence-corrected chi connectivity index (χ3v) is 2.62. The molecular weight excluding hydrogens is 180 g/mol. The molecule has 0 saturated heterocycles. The molecular formula is C10H14N2S. The van der Waals surface area contributed by atoms with E-state index in [1.54, 1.807) is 11.3 Å². The van der Waals surface area contributed by atoms with Crippen molar-refractivity contribution in [3.05, 3.63) is 16.1 Å². The molecule has 0 aliphatic heterocycles. The van der Waals surface area contributed by atoms with Gasteiger partial charge in [-0.2, -0.15) is 0 Å². The number of nitrogens with zero attached hydrogens (tertiary/aromatic N) is 1. The Balaban J connectivity index is 2.70. The quantitative estimate of drug-likeness (QED) is 0.746. The Morgan fingerprint density at radius 2 is 2.46 bits per heavy atom. The molecule has 1 unspecified atom stereocenters. The third kappa shape index (κ3) is 2.83. The fourth-order valence-electron chi connectivity index (χ4n) is 1.10. The van der Waals surface area contributed by atoms with E-state index in [0.29, 0.717) is 0 Å². The molecule has 0 fully saturated rings. The van der Waals surface area contributed by atoms with Crippen LogP contribution in [-0.4, -0.2) is 12.0 Å². The molecule has 0 bridgehead atoms. The maximum absolute atomic E-state index is 4.42. The summed E-state index contributed by atoms with van der Waals surface area (Å²) in [4.78, 5) is 4.42. The van der Waals surface area contributed by atoms with Crippen LogP contribution in [0.15, 0.2) is 5.38 Å². The molecule has 13 heavy (non-hydrogen) atoms. The van der Waals surface area contributed by atoms with E-state index in [1.165, 1.54) is 0 Å². The number of hydrogen-bond acceptors (Lipinski definition) is 3. The lowest BCUT2D eigenvalue weighted by atomic mass is 10.1. The van der Waals surface area contributed by atoms with Crippen LogP contribution < -0.4 is 5.32 Å². The van der Waals surface area contributed by atoms with Crippen molar-refractivity contribution in [2.45, 2.75) is 26.3 Å². The second-order valence-electron chi connectivity index (χ2n) is 2.76. The van der Waals surface area contributed by atoms with Crippen molar-refractivity contribution in [1.82, 2.24) is 10.3 Å². The van der Waals surface area contributed by atoms with Crippen molar-refractivity contribution < 1.29 is 0 Å². The van der Waals surface area contributed by atoms with E-state index in [2.05, 4.69) is 27.5 Å². The summed E-state index contributed by atoms with van der Waals surface area (Å²) in [6.07, 6.45) is 0.830. The highest BCUT2D eigenvalue weighted by Crippen LogP contribution is 2.18. The van der Waals surface area contributed by atoms with Crippen molar-refractivity contribution in [3.63, 3.8) is 0 Å². The van der Waals surface area contributed by atoms with Crippen LogP contribution in [0.4, 0.5) is 0 Å². The van der Waals surface area contributed by atoms with Crippen LogP contribution in [0.1, 0.15) is 30.1 Å². The zero-order valence-corrected chi connectivity index (χ0v) is 9.03. The highest BCUT2D eigenvalue weighted by molar-refractivity contribution is 7.09. The standard InChI is InChI=1S/C10H14N2S/c1-4-5-6-9(11-3)10-7-13-8(2)12-10/h7,9,11H,6H2,1-3H3. The van der Waals surface area contributed by atoms with Gasteiger partial charge in [-0.1, -0.05) is 0 Å². The van der Waals surface area contributed by atoms with Gasteiger partial charge in [0.2, 0.25) is 0 Å². The molecule has 3 heteroatoms. The Hall–Kier alpha value is -0.850. The molecule has 0 amide bonds. The zero-order valence-electron chi connectivity index (χ0n) is 8.22. The van der Waals surface area contributed by atoms with Gasteiger partial charge in [-0.05, 0) is 20.9 Å². The van der Waals surface area contributed by atoms with Gasteiger partial charge in [0.25, 0.3) is 0 Å². The van der Waals surface area contributed by atoms with Gasteiger partial charge in [0, 0.05) is 11.8 Å². The van der Waals surface area contributed by atoms with Crippen LogP contribution in [0.5, 0.6) is 0 Å². The maximum Gasteiger partial charge on any atom is 0.0898 e. The third-order valence-electron chi connectivity index (χ3n) is 1.83. The maximum atomic E-state index is 4.42. The summed E-state index contributed by atoms with van der Waals surface area (Å²) in [6.45, 7) is 3.88. The predicted molar refractivity (Wildman–Crippen MR) is 56.7 cm³/mol. The van der Waals surface area contributed by atoms with Crippen LogP contribution in [0, 0.1) is 18.8 Å². The van der Waals surface area contributed by atoms with Crippen LogP contribution in [-0.2, 0) is 0 Å². The SMILES string of the molecule is CC#CCC(NC)c1csc(C)n1. The Labute approximate surface area is 83.4 Å². The Morgan fingerprint density at radius 1 is 1.69 bits per heavy atom. The lowest BCUT2D eigenvalue weighted by Crippen LogP contribution is -2.15. The molecule has 0 radical (unpaired) electrons. The summed E-state index contributed by atoms with van der Waals surface area (Å²) in [5, 5.41) is 6.41. The van der Waals surface area contributed by atoms with Gasteiger partial charge in [0.15, 0.2) is 0 Å². The molecule has 0 aromatic carbocycles. The van der Waals surface area contributed by atoms with Crippen LogP contribution in [0.25, 0.3) is 0 Å². The van der Waals surface area contributed by atoms with E-state index in [-0.39, 0.29) is 6.04 Å². The second kappa shape index (κ2) is 5.00. The molecule has 2 nitrogen and oxygen atoms in total. The lowest BCUT2D eigenvalue weighted by molar-refractivity contribution is 0.596. The minimum atomic E-state index is 0.275. The highest BCUT2D eigenvalue weighted by Gasteiger charge is 2.10. The van der Waals surface area contributed by atoms with Crippen LogP contribution in [0.2, 0.25) is 0 Å². The summed E-state index contributed by atoms with van der Waals surface area (Å²) < 4.78 is 0. The molecule has 0 spiro atoms. The number of thiazole rings is 1. The van der Waals surface area contributed by atoms with E-state index in [9.17, 15) is 0 Å². The Kier molecular flexibility index (Phi) is 3.94. The summed E-state index contributed by atoms with van der Waals surface area (Å²) in [5.74, 6) is 5.95. The van der Waals surface area contributed by atoms with Crippen molar-refractivity contribution in [3.8, 4) is 11.8 Å². The number of hydrogen-bond donors (Lipinski definition) is 1. The highest BCUT2D eigenvalue weighted by atomic mass is 32.1. The first-order valence-corrected chi connectivity index (χ1v) is 5.14. The summed E-state index contributed by atoms with van der Waals surface area (Å²) >= 11 is 1.68. The molecule has 1 aromatic rings. The second-order valence-corrected chi connectivity index (χ2v) is 3.83. The molecule has 1 N–H and O–H groups in total. The van der Waals surface area contributed by atoms with Gasteiger partial charge in [-0.25, -0.2) is 4.98 Å². The molecule has 70 valence electrons. The Bertz CT molecular complexity index is 319. The van der Waals surface area contributed by atoms with E-state index >= 15 is 0 Å². The smallest absolute Gasteiger partial charge is 0.0898 e. The van der Waals surface area contributed by atoms with Crippen molar-refractivity contribution in [2.24, 2.45) is 0 Å². The fourth-order valence-corrected chi connectivity index (χ4v) is 1.77. The van der Waals surface area contributed by atoms with Crippen LogP contribution >= 0.6 is 11.3 Å². The van der Waals surface area contributed by atoms with E-state index in [0.717, 1.165) is 17.1 Å². The number of nitrogens with one attached hydrogen (secondary N) is 1. The first-order chi connectivity index (χ1) is 6.27. The van der Waals surface area contributed by atoms with Gasteiger partial charge >= 0.3 is 0 Å². The van der Waals surface area contributed by atoms with E-state index < -0.39 is 0 Å². The number of rotatable bonds is 3.